The Morgan fingerprint density at radius 3 is 0.833 bits per heavy atom. The molecule has 0 amide bonds. The minimum absolute atomic E-state index is 0. The van der Waals surface area contributed by atoms with E-state index in [0.717, 1.165) is 0 Å². The molecular formula is C4H20AlNa. The fourth-order valence-corrected chi connectivity index (χ4v) is 0. The van der Waals surface area contributed by atoms with E-state index in [4.69, 9.17) is 0 Å². The topological polar surface area (TPSA) is 0 Å². The number of hydrogen-bond acceptors (Lipinski definition) is 0. The van der Waals surface area contributed by atoms with Gasteiger partial charge in [0.05, 0.1) is 0 Å². The van der Waals surface area contributed by atoms with Crippen LogP contribution in [0, 0.1) is 0 Å². The molecule has 0 N–H and O–H groups in total. The van der Waals surface area contributed by atoms with Crippen molar-refractivity contribution in [2.45, 2.75) is 27.7 Å². The average molecular weight is 118 g/mol. The second-order valence-electron chi connectivity index (χ2n) is 0. The Morgan fingerprint density at radius 2 is 0.833 bits per heavy atom. The van der Waals surface area contributed by atoms with Gasteiger partial charge in [0.2, 0.25) is 0 Å². The molecule has 0 rings (SSSR count). The predicted octanol–water partition coefficient (Wildman–Crippen LogP) is 0.712. The van der Waals surface area contributed by atoms with E-state index >= 15 is 0 Å². The first-order valence-corrected chi connectivity index (χ1v) is 2.00. The van der Waals surface area contributed by atoms with Crippen molar-refractivity contribution >= 4 is 46.9 Å². The molecule has 0 heterocycles. The van der Waals surface area contributed by atoms with Crippen LogP contribution >= 0.6 is 0 Å². The van der Waals surface area contributed by atoms with Crippen molar-refractivity contribution in [2.75, 3.05) is 0 Å². The summed E-state index contributed by atoms with van der Waals surface area (Å²) in [4.78, 5) is 0. The van der Waals surface area contributed by atoms with Gasteiger partial charge < -0.3 is 0 Å². The van der Waals surface area contributed by atoms with Gasteiger partial charge in [-0.05, 0) is 0 Å². The van der Waals surface area contributed by atoms with Crippen molar-refractivity contribution < 1.29 is 2.85 Å². The van der Waals surface area contributed by atoms with Crippen LogP contribution in [0.2, 0.25) is 0 Å². The van der Waals surface area contributed by atoms with Gasteiger partial charge in [-0.1, -0.05) is 27.7 Å². The molecule has 0 unspecified atom stereocenters. The summed E-state index contributed by atoms with van der Waals surface area (Å²) in [6.07, 6.45) is 0. The minimum atomic E-state index is 0. The van der Waals surface area contributed by atoms with Crippen molar-refractivity contribution in [3.63, 3.8) is 0 Å². The first kappa shape index (κ1) is 25.8. The standard InChI is InChI=1S/2C2H6.Al.Na.2H2.4H/c2*1-2;;;;;;;;/h2*1-2H3;;;2*1H;;;;. The van der Waals surface area contributed by atoms with Crippen LogP contribution in [0.25, 0.3) is 0 Å². The Bertz CT molecular complexity index is 14.0. The Balaban J connectivity index is -0.00000000167. The summed E-state index contributed by atoms with van der Waals surface area (Å²) in [5.41, 5.74) is 0. The SMILES string of the molecule is CC.CC.[AlH3].[HH].[HH].[NaH]. The van der Waals surface area contributed by atoms with Crippen LogP contribution < -0.4 is 0 Å². The van der Waals surface area contributed by atoms with Crippen molar-refractivity contribution in [1.82, 2.24) is 0 Å². The van der Waals surface area contributed by atoms with E-state index in [1.165, 1.54) is 0 Å². The molecule has 40 valence electrons. The van der Waals surface area contributed by atoms with Crippen molar-refractivity contribution in [2.24, 2.45) is 0 Å². The van der Waals surface area contributed by atoms with Gasteiger partial charge in [0.25, 0.3) is 0 Å². The van der Waals surface area contributed by atoms with Gasteiger partial charge in [0, 0.05) is 2.85 Å². The number of hydrogen-bond donors (Lipinski definition) is 0. The van der Waals surface area contributed by atoms with Crippen LogP contribution in [0.4, 0.5) is 0 Å². The molecule has 0 aliphatic heterocycles. The van der Waals surface area contributed by atoms with E-state index in [0.29, 0.717) is 0 Å². The molecule has 0 atom stereocenters. The Morgan fingerprint density at radius 1 is 0.833 bits per heavy atom. The molecule has 0 radical (unpaired) electrons. The average Bonchev–Trinajstić information content (AvgIpc) is 1.50. The van der Waals surface area contributed by atoms with E-state index in [-0.39, 0.29) is 49.8 Å². The van der Waals surface area contributed by atoms with E-state index < -0.39 is 0 Å². The summed E-state index contributed by atoms with van der Waals surface area (Å²) in [7, 11) is 0. The van der Waals surface area contributed by atoms with Gasteiger partial charge in [-0.3, -0.25) is 0 Å². The predicted molar refractivity (Wildman–Crippen MR) is 44.0 cm³/mol. The van der Waals surface area contributed by atoms with Crippen LogP contribution in [-0.4, -0.2) is 46.9 Å². The van der Waals surface area contributed by atoms with Crippen LogP contribution in [0.1, 0.15) is 30.5 Å². The third kappa shape index (κ3) is 48.4. The first-order valence-electron chi connectivity index (χ1n) is 2.00. The molecule has 2 heteroatoms. The molecule has 0 saturated heterocycles. The molecule has 0 aromatic rings. The zero-order chi connectivity index (χ0) is 4.00. The quantitative estimate of drug-likeness (QED) is 0.411. The molecule has 0 fully saturated rings. The van der Waals surface area contributed by atoms with E-state index in [2.05, 4.69) is 0 Å². The van der Waals surface area contributed by atoms with Crippen LogP contribution in [0.3, 0.4) is 0 Å². The molecule has 0 aliphatic rings. The zero-order valence-corrected chi connectivity index (χ0v) is 4.00. The zero-order valence-electron chi connectivity index (χ0n) is 4.00. The van der Waals surface area contributed by atoms with Gasteiger partial charge in [-0.15, -0.1) is 0 Å². The molecular weight excluding hydrogens is 98.0 g/mol. The van der Waals surface area contributed by atoms with Gasteiger partial charge >= 0.3 is 29.6 Å². The summed E-state index contributed by atoms with van der Waals surface area (Å²) in [6, 6.07) is 0. The van der Waals surface area contributed by atoms with E-state index in [1.807, 2.05) is 27.7 Å². The maximum absolute atomic E-state index is 2.00. The van der Waals surface area contributed by atoms with E-state index in [9.17, 15) is 0 Å². The molecule has 0 spiro atoms. The van der Waals surface area contributed by atoms with Crippen molar-refractivity contribution in [3.8, 4) is 0 Å². The maximum atomic E-state index is 2.00. The molecule has 0 aromatic heterocycles. The Kier molecular flexibility index (Phi) is 366. The van der Waals surface area contributed by atoms with Crippen LogP contribution in [0.15, 0.2) is 0 Å². The summed E-state index contributed by atoms with van der Waals surface area (Å²) >= 11 is 0. The fourth-order valence-electron chi connectivity index (χ4n) is 0. The molecule has 6 heavy (non-hydrogen) atoms. The molecule has 0 aliphatic carbocycles. The summed E-state index contributed by atoms with van der Waals surface area (Å²) in [6.45, 7) is 8.00. The molecule has 0 aromatic carbocycles. The van der Waals surface area contributed by atoms with Crippen molar-refractivity contribution in [1.29, 1.82) is 0 Å². The normalized spacial score (nSPS) is 2.00. The Labute approximate surface area is 77.1 Å². The monoisotopic (exact) mass is 118 g/mol. The van der Waals surface area contributed by atoms with Gasteiger partial charge in [-0.25, -0.2) is 0 Å². The van der Waals surface area contributed by atoms with Gasteiger partial charge in [0.15, 0.2) is 17.4 Å². The second-order valence-corrected chi connectivity index (χ2v) is 0. The second kappa shape index (κ2) is 85.1. The van der Waals surface area contributed by atoms with Gasteiger partial charge in [-0.2, -0.15) is 0 Å². The number of rotatable bonds is 0. The molecule has 0 bridgehead atoms. The summed E-state index contributed by atoms with van der Waals surface area (Å²) < 4.78 is 0. The fraction of sp³-hybridized carbons (Fsp3) is 1.00. The first-order chi connectivity index (χ1) is 2.00. The van der Waals surface area contributed by atoms with Crippen LogP contribution in [0.5, 0.6) is 0 Å². The summed E-state index contributed by atoms with van der Waals surface area (Å²) in [5, 5.41) is 0. The van der Waals surface area contributed by atoms with Crippen LogP contribution in [-0.2, 0) is 0 Å². The third-order valence-corrected chi connectivity index (χ3v) is 0. The summed E-state index contributed by atoms with van der Waals surface area (Å²) in [5.74, 6) is 0. The third-order valence-electron chi connectivity index (χ3n) is 0. The Hall–Kier alpha value is 1.53. The van der Waals surface area contributed by atoms with Crippen molar-refractivity contribution in [3.05, 3.63) is 0 Å². The molecule has 0 nitrogen and oxygen atoms in total. The van der Waals surface area contributed by atoms with E-state index in [1.54, 1.807) is 0 Å². The molecule has 0 saturated carbocycles. The van der Waals surface area contributed by atoms with Gasteiger partial charge in [0.1, 0.15) is 0 Å².